The Morgan fingerprint density at radius 1 is 1.25 bits per heavy atom. The van der Waals surface area contributed by atoms with Crippen LogP contribution in [0.4, 0.5) is 0 Å². The van der Waals surface area contributed by atoms with Crippen LogP contribution in [0.25, 0.3) is 16.7 Å². The number of nitrogens with one attached hydrogen (secondary N) is 1. The van der Waals surface area contributed by atoms with Crippen LogP contribution in [0.3, 0.4) is 0 Å². The molecule has 1 aliphatic rings. The highest BCUT2D eigenvalue weighted by atomic mass is 32.2. The third kappa shape index (κ3) is 3.90. The smallest absolute Gasteiger partial charge is 0.230 e. The van der Waals surface area contributed by atoms with E-state index in [4.69, 9.17) is 0 Å². The van der Waals surface area contributed by atoms with Gasteiger partial charge in [-0.1, -0.05) is 49.7 Å². The number of hydrogen-bond acceptors (Lipinski definition) is 5. The van der Waals surface area contributed by atoms with Gasteiger partial charge in [-0.2, -0.15) is 5.10 Å². The summed E-state index contributed by atoms with van der Waals surface area (Å²) in [6, 6.07) is 8.37. The van der Waals surface area contributed by atoms with Crippen LogP contribution < -0.4 is 5.32 Å². The van der Waals surface area contributed by atoms with Crippen molar-refractivity contribution >= 4 is 28.7 Å². The summed E-state index contributed by atoms with van der Waals surface area (Å²) in [7, 11) is 0. The van der Waals surface area contributed by atoms with Gasteiger partial charge in [-0.15, -0.1) is 0 Å². The fraction of sp³-hybridized carbons (Fsp3) is 0.429. The van der Waals surface area contributed by atoms with Gasteiger partial charge >= 0.3 is 0 Å². The average molecular weight is 396 g/mol. The number of carbonyl (C=O) groups is 1. The Balaban J connectivity index is 1.49. The molecule has 3 aromatic rings. The Hall–Kier alpha value is -2.41. The number of aromatic nitrogens is 4. The predicted molar refractivity (Wildman–Crippen MR) is 112 cm³/mol. The summed E-state index contributed by atoms with van der Waals surface area (Å²) < 4.78 is 1.83. The molecule has 4 rings (SSSR count). The van der Waals surface area contributed by atoms with Crippen LogP contribution in [0.2, 0.25) is 0 Å². The van der Waals surface area contributed by atoms with Crippen LogP contribution in [0.5, 0.6) is 0 Å². The molecule has 0 bridgehead atoms. The van der Waals surface area contributed by atoms with Crippen LogP contribution >= 0.6 is 11.8 Å². The highest BCUT2D eigenvalue weighted by Gasteiger charge is 2.23. The second kappa shape index (κ2) is 8.31. The molecule has 1 amide bonds. The molecule has 1 N–H and O–H groups in total. The Kier molecular flexibility index (Phi) is 5.62. The summed E-state index contributed by atoms with van der Waals surface area (Å²) in [5.41, 5.74) is 2.88. The number of rotatable bonds is 5. The molecule has 28 heavy (non-hydrogen) atoms. The lowest BCUT2D eigenvalue weighted by Gasteiger charge is -2.29. The van der Waals surface area contributed by atoms with Gasteiger partial charge in [0.05, 0.1) is 23.0 Å². The lowest BCUT2D eigenvalue weighted by Crippen LogP contribution is -2.41. The largest absolute Gasteiger partial charge is 0.352 e. The van der Waals surface area contributed by atoms with Crippen molar-refractivity contribution in [1.29, 1.82) is 0 Å². The zero-order chi connectivity index (χ0) is 19.5. The lowest BCUT2D eigenvalue weighted by molar-refractivity contribution is -0.119. The molecule has 1 aromatic carbocycles. The Labute approximate surface area is 169 Å². The van der Waals surface area contributed by atoms with E-state index in [-0.39, 0.29) is 5.91 Å². The summed E-state index contributed by atoms with van der Waals surface area (Å²) >= 11 is 1.44. The van der Waals surface area contributed by atoms with Crippen molar-refractivity contribution in [3.8, 4) is 5.69 Å². The molecule has 1 aliphatic carbocycles. The average Bonchev–Trinajstić information content (AvgIpc) is 3.13. The van der Waals surface area contributed by atoms with Crippen LogP contribution in [-0.4, -0.2) is 37.5 Å². The molecule has 2 atom stereocenters. The second-order valence-electron chi connectivity index (χ2n) is 7.48. The van der Waals surface area contributed by atoms with Gasteiger partial charge in [0.2, 0.25) is 5.91 Å². The minimum Gasteiger partial charge on any atom is -0.352 e. The third-order valence-corrected chi connectivity index (χ3v) is 6.48. The van der Waals surface area contributed by atoms with Gasteiger partial charge in [0.15, 0.2) is 5.65 Å². The summed E-state index contributed by atoms with van der Waals surface area (Å²) in [5, 5.41) is 9.38. The Morgan fingerprint density at radius 3 is 2.89 bits per heavy atom. The molecular weight excluding hydrogens is 370 g/mol. The first-order valence-corrected chi connectivity index (χ1v) is 10.8. The molecule has 1 fully saturated rings. The van der Waals surface area contributed by atoms with Gasteiger partial charge in [0.1, 0.15) is 11.4 Å². The van der Waals surface area contributed by atoms with Crippen molar-refractivity contribution < 1.29 is 4.79 Å². The van der Waals surface area contributed by atoms with Crippen LogP contribution in [0.15, 0.2) is 41.8 Å². The van der Waals surface area contributed by atoms with Crippen molar-refractivity contribution in [2.45, 2.75) is 50.6 Å². The number of amides is 1. The molecular formula is C21H25N5OS. The number of hydrogen-bond donors (Lipinski definition) is 1. The van der Waals surface area contributed by atoms with Gasteiger partial charge < -0.3 is 5.32 Å². The zero-order valence-corrected chi connectivity index (χ0v) is 17.1. The highest BCUT2D eigenvalue weighted by molar-refractivity contribution is 8.00. The normalized spacial score (nSPS) is 19.6. The topological polar surface area (TPSA) is 72.7 Å². The van der Waals surface area contributed by atoms with Gasteiger partial charge in [0.25, 0.3) is 0 Å². The van der Waals surface area contributed by atoms with Gasteiger partial charge in [-0.25, -0.2) is 14.6 Å². The molecule has 2 heterocycles. The Morgan fingerprint density at radius 2 is 2.07 bits per heavy atom. The number of nitrogens with zero attached hydrogens (tertiary/aromatic N) is 4. The van der Waals surface area contributed by atoms with E-state index in [0.717, 1.165) is 33.7 Å². The monoisotopic (exact) mass is 395 g/mol. The van der Waals surface area contributed by atoms with Crippen molar-refractivity contribution in [2.24, 2.45) is 5.92 Å². The standard InChI is InChI=1S/C21H25N5OS/c1-14-7-3-5-9-17(14)25-19(27)12-28-21-16-11-24-26(20(16)22-13-23-21)18-10-6-4-8-15(18)2/h4,6,8,10-11,13-14,17H,3,5,7,9,12H2,1-2H3,(H,25,27). The van der Waals surface area contributed by atoms with E-state index in [9.17, 15) is 4.79 Å². The van der Waals surface area contributed by atoms with Crippen molar-refractivity contribution in [3.05, 3.63) is 42.4 Å². The number of fused-ring (bicyclic) bond motifs is 1. The fourth-order valence-electron chi connectivity index (χ4n) is 3.83. The minimum atomic E-state index is 0.0711. The lowest BCUT2D eigenvalue weighted by atomic mass is 9.86. The third-order valence-electron chi connectivity index (χ3n) is 5.47. The summed E-state index contributed by atoms with van der Waals surface area (Å²) in [6.45, 7) is 4.28. The van der Waals surface area contributed by atoms with E-state index >= 15 is 0 Å². The second-order valence-corrected chi connectivity index (χ2v) is 8.45. The predicted octanol–water partition coefficient (Wildman–Crippen LogP) is 3.91. The molecule has 2 aromatic heterocycles. The molecule has 0 aliphatic heterocycles. The molecule has 1 saturated carbocycles. The fourth-order valence-corrected chi connectivity index (χ4v) is 4.60. The molecule has 6 nitrogen and oxygen atoms in total. The van der Waals surface area contributed by atoms with E-state index < -0.39 is 0 Å². The minimum absolute atomic E-state index is 0.0711. The number of para-hydroxylation sites is 1. The van der Waals surface area contributed by atoms with Gasteiger partial charge in [-0.05, 0) is 37.3 Å². The van der Waals surface area contributed by atoms with Crippen LogP contribution in [0, 0.1) is 12.8 Å². The quantitative estimate of drug-likeness (QED) is 0.524. The summed E-state index contributed by atoms with van der Waals surface area (Å²) in [6.07, 6.45) is 8.08. The van der Waals surface area contributed by atoms with Crippen molar-refractivity contribution in [3.63, 3.8) is 0 Å². The molecule has 146 valence electrons. The molecule has 2 unspecified atom stereocenters. The Bertz CT molecular complexity index is 986. The van der Waals surface area contributed by atoms with E-state index in [1.807, 2.05) is 22.9 Å². The van der Waals surface area contributed by atoms with E-state index in [2.05, 4.69) is 40.3 Å². The number of benzene rings is 1. The molecule has 0 spiro atoms. The highest BCUT2D eigenvalue weighted by Crippen LogP contribution is 2.27. The number of thioether (sulfide) groups is 1. The summed E-state index contributed by atoms with van der Waals surface area (Å²) in [4.78, 5) is 21.3. The van der Waals surface area contributed by atoms with Crippen LogP contribution in [0.1, 0.15) is 38.2 Å². The first kappa shape index (κ1) is 18.9. The van der Waals surface area contributed by atoms with Crippen molar-refractivity contribution in [1.82, 2.24) is 25.1 Å². The van der Waals surface area contributed by atoms with Gasteiger partial charge in [0, 0.05) is 6.04 Å². The maximum atomic E-state index is 12.4. The maximum absolute atomic E-state index is 12.4. The maximum Gasteiger partial charge on any atom is 0.230 e. The van der Waals surface area contributed by atoms with Gasteiger partial charge in [-0.3, -0.25) is 4.79 Å². The SMILES string of the molecule is Cc1ccccc1-n1ncc2c(SCC(=O)NC3CCCCC3C)ncnc21. The molecule has 0 radical (unpaired) electrons. The first-order chi connectivity index (χ1) is 13.6. The van der Waals surface area contributed by atoms with E-state index in [1.54, 1.807) is 12.5 Å². The molecule has 7 heteroatoms. The summed E-state index contributed by atoms with van der Waals surface area (Å²) in [5.74, 6) is 0.979. The van der Waals surface area contributed by atoms with Crippen LogP contribution in [-0.2, 0) is 4.79 Å². The van der Waals surface area contributed by atoms with E-state index in [0.29, 0.717) is 17.7 Å². The first-order valence-electron chi connectivity index (χ1n) is 9.80. The number of aryl methyl sites for hydroxylation is 1. The number of carbonyl (C=O) groups excluding carboxylic acids is 1. The zero-order valence-electron chi connectivity index (χ0n) is 16.3. The van der Waals surface area contributed by atoms with Crippen molar-refractivity contribution in [2.75, 3.05) is 5.75 Å². The molecule has 0 saturated heterocycles. The van der Waals surface area contributed by atoms with E-state index in [1.165, 1.54) is 31.0 Å².